The van der Waals surface area contributed by atoms with Crippen molar-refractivity contribution in [3.63, 3.8) is 0 Å². The van der Waals surface area contributed by atoms with Gasteiger partial charge in [0.15, 0.2) is 0 Å². The molecular formula is C23H39NOSn. The van der Waals surface area contributed by atoms with Gasteiger partial charge >= 0.3 is 166 Å². The van der Waals surface area contributed by atoms with Gasteiger partial charge in [-0.25, -0.2) is 0 Å². The Bertz CT molecular complexity index is 572. The zero-order valence-electron chi connectivity index (χ0n) is 17.7. The van der Waals surface area contributed by atoms with Crippen LogP contribution in [0, 0.1) is 0 Å². The Morgan fingerprint density at radius 3 is 2.00 bits per heavy atom. The van der Waals surface area contributed by atoms with Crippen molar-refractivity contribution < 1.29 is 4.74 Å². The third kappa shape index (κ3) is 5.74. The molecule has 0 aromatic heterocycles. The number of hydrogen-bond acceptors (Lipinski definition) is 2. The summed E-state index contributed by atoms with van der Waals surface area (Å²) < 4.78 is 12.2. The van der Waals surface area contributed by atoms with Crippen LogP contribution in [0.2, 0.25) is 13.3 Å². The summed E-state index contributed by atoms with van der Waals surface area (Å²) in [6.07, 6.45) is 8.16. The third-order valence-electron chi connectivity index (χ3n) is 5.71. The topological polar surface area (TPSA) is 21.6 Å². The molecule has 0 saturated carbocycles. The summed E-state index contributed by atoms with van der Waals surface area (Å²) in [5.41, 5.74) is 1.12. The van der Waals surface area contributed by atoms with E-state index in [-0.39, 0.29) is 5.54 Å². The van der Waals surface area contributed by atoms with E-state index in [9.17, 15) is 0 Å². The van der Waals surface area contributed by atoms with E-state index in [4.69, 9.17) is 9.73 Å². The fourth-order valence-electron chi connectivity index (χ4n) is 4.07. The molecule has 0 radical (unpaired) electrons. The van der Waals surface area contributed by atoms with Crippen LogP contribution in [0.5, 0.6) is 0 Å². The molecule has 26 heavy (non-hydrogen) atoms. The van der Waals surface area contributed by atoms with Crippen LogP contribution in [-0.4, -0.2) is 36.4 Å². The molecule has 1 aromatic carbocycles. The van der Waals surface area contributed by atoms with E-state index in [2.05, 4.69) is 58.9 Å². The van der Waals surface area contributed by atoms with Gasteiger partial charge in [0.1, 0.15) is 0 Å². The first-order chi connectivity index (χ1) is 12.5. The number of aliphatic imine (C=N–C) groups is 1. The molecule has 0 atom stereocenters. The first-order valence-electron chi connectivity index (χ1n) is 10.8. The molecule has 0 amide bonds. The number of nitrogens with zero attached hydrogens (tertiary/aromatic N) is 1. The van der Waals surface area contributed by atoms with Crippen LogP contribution in [0.15, 0.2) is 29.3 Å². The fourth-order valence-corrected chi connectivity index (χ4v) is 20.1. The molecule has 2 nitrogen and oxygen atoms in total. The zero-order chi connectivity index (χ0) is 19.0. The van der Waals surface area contributed by atoms with E-state index < -0.39 is 18.4 Å². The first-order valence-corrected chi connectivity index (χ1v) is 18.3. The first kappa shape index (κ1) is 21.8. The summed E-state index contributed by atoms with van der Waals surface area (Å²) in [6.45, 7) is 12.0. The number of benzene rings is 1. The van der Waals surface area contributed by atoms with Gasteiger partial charge < -0.3 is 0 Å². The molecule has 1 aliphatic heterocycles. The van der Waals surface area contributed by atoms with Gasteiger partial charge in [-0.2, -0.15) is 0 Å². The second kappa shape index (κ2) is 10.1. The molecule has 1 aromatic rings. The maximum absolute atomic E-state index is 5.94. The molecule has 0 aliphatic carbocycles. The molecule has 3 heteroatoms. The molecule has 0 unspecified atom stereocenters. The van der Waals surface area contributed by atoms with Gasteiger partial charge in [-0.1, -0.05) is 0 Å². The van der Waals surface area contributed by atoms with Crippen molar-refractivity contribution in [2.75, 3.05) is 6.61 Å². The van der Waals surface area contributed by atoms with Gasteiger partial charge in [0.05, 0.1) is 0 Å². The molecule has 0 spiro atoms. The van der Waals surface area contributed by atoms with Crippen LogP contribution in [0.3, 0.4) is 0 Å². The molecule has 146 valence electrons. The van der Waals surface area contributed by atoms with Crippen LogP contribution in [0.1, 0.15) is 78.7 Å². The Labute approximate surface area is 165 Å². The standard InChI is InChI=1S/C11H12NO.3C4H9.Sn/c1-11(2)8-13-10(12-11)9-6-4-3-5-7-9;3*1-3-4-2;/h3-4,6-7H,8H2,1-2H3;3*1,3-4H2,2H3;. The van der Waals surface area contributed by atoms with Crippen molar-refractivity contribution in [2.45, 2.75) is 92.0 Å². The van der Waals surface area contributed by atoms with Crippen LogP contribution in [-0.2, 0) is 4.74 Å². The van der Waals surface area contributed by atoms with Crippen molar-refractivity contribution >= 4 is 27.9 Å². The average Bonchev–Trinajstić information content (AvgIpc) is 3.01. The van der Waals surface area contributed by atoms with Gasteiger partial charge in [0.25, 0.3) is 0 Å². The van der Waals surface area contributed by atoms with Crippen LogP contribution in [0.4, 0.5) is 0 Å². The molecule has 2 rings (SSSR count). The number of ether oxygens (including phenoxy) is 1. The van der Waals surface area contributed by atoms with Crippen molar-refractivity contribution in [1.29, 1.82) is 0 Å². The summed E-state index contributed by atoms with van der Waals surface area (Å²) in [5.74, 6) is 0.860. The summed E-state index contributed by atoms with van der Waals surface area (Å²) in [5, 5.41) is 0. The Morgan fingerprint density at radius 2 is 1.54 bits per heavy atom. The summed E-state index contributed by atoms with van der Waals surface area (Å²) in [6, 6.07) is 9.37. The zero-order valence-corrected chi connectivity index (χ0v) is 20.6. The van der Waals surface area contributed by atoms with Gasteiger partial charge in [0, 0.05) is 0 Å². The average molecular weight is 464 g/mol. The predicted molar refractivity (Wildman–Crippen MR) is 118 cm³/mol. The van der Waals surface area contributed by atoms with E-state index in [0.717, 1.165) is 5.90 Å². The van der Waals surface area contributed by atoms with Crippen LogP contribution < -0.4 is 3.58 Å². The van der Waals surface area contributed by atoms with Crippen molar-refractivity contribution in [1.82, 2.24) is 0 Å². The SMILES string of the molecule is CCC[CH2][Sn]([CH2]CCC)([CH2]CCC)[c]1cccc(C2=NC(C)(C)CO2)c1. The van der Waals surface area contributed by atoms with E-state index in [1.54, 1.807) is 3.58 Å². The maximum atomic E-state index is 5.94. The Morgan fingerprint density at radius 1 is 0.962 bits per heavy atom. The number of rotatable bonds is 11. The fraction of sp³-hybridized carbons (Fsp3) is 0.696. The normalized spacial score (nSPS) is 16.4. The minimum absolute atomic E-state index is 0.0850. The van der Waals surface area contributed by atoms with Crippen LogP contribution >= 0.6 is 0 Å². The van der Waals surface area contributed by atoms with Gasteiger partial charge in [0.2, 0.25) is 0 Å². The van der Waals surface area contributed by atoms with Crippen molar-refractivity contribution in [3.05, 3.63) is 29.8 Å². The van der Waals surface area contributed by atoms with E-state index >= 15 is 0 Å². The minimum atomic E-state index is -2.37. The molecule has 0 saturated heterocycles. The van der Waals surface area contributed by atoms with E-state index in [1.807, 2.05) is 0 Å². The molecule has 1 heterocycles. The second-order valence-corrected chi connectivity index (χ2v) is 21.9. The summed E-state index contributed by atoms with van der Waals surface area (Å²) in [7, 11) is 0. The summed E-state index contributed by atoms with van der Waals surface area (Å²) >= 11 is -2.37. The third-order valence-corrected chi connectivity index (χ3v) is 21.3. The van der Waals surface area contributed by atoms with Gasteiger partial charge in [-0.05, 0) is 0 Å². The molecule has 1 aliphatic rings. The number of unbranched alkanes of at least 4 members (excludes halogenated alkanes) is 3. The van der Waals surface area contributed by atoms with Gasteiger partial charge in [-0.3, -0.25) is 0 Å². The molecule has 0 fully saturated rings. The van der Waals surface area contributed by atoms with Crippen LogP contribution in [0.25, 0.3) is 0 Å². The van der Waals surface area contributed by atoms with Gasteiger partial charge in [-0.15, -0.1) is 0 Å². The quantitative estimate of drug-likeness (QED) is 0.353. The molecule has 0 bridgehead atoms. The molecular weight excluding hydrogens is 425 g/mol. The second-order valence-electron chi connectivity index (χ2n) is 8.69. The Hall–Kier alpha value is -0.511. The van der Waals surface area contributed by atoms with Crippen molar-refractivity contribution in [3.8, 4) is 0 Å². The van der Waals surface area contributed by atoms with Crippen molar-refractivity contribution in [2.24, 2.45) is 4.99 Å². The number of hydrogen-bond donors (Lipinski definition) is 0. The molecule has 0 N–H and O–H groups in total. The Balaban J connectivity index is 2.37. The van der Waals surface area contributed by atoms with E-state index in [0.29, 0.717) is 6.61 Å². The predicted octanol–water partition coefficient (Wildman–Crippen LogP) is 6.30. The Kier molecular flexibility index (Phi) is 8.50. The summed E-state index contributed by atoms with van der Waals surface area (Å²) in [4.78, 5) is 4.82. The monoisotopic (exact) mass is 465 g/mol. The van der Waals surface area contributed by atoms with E-state index in [1.165, 1.54) is 57.4 Å².